The number of aldehydes is 1. The Balaban J connectivity index is 2.77. The summed E-state index contributed by atoms with van der Waals surface area (Å²) >= 11 is 6.00. The monoisotopic (exact) mass is 222 g/mol. The van der Waals surface area contributed by atoms with Crippen LogP contribution in [0.5, 0.6) is 0 Å². The summed E-state index contributed by atoms with van der Waals surface area (Å²) in [5, 5.41) is 5.60. The maximum atomic E-state index is 10.7. The standard InChI is InChI=1S/C11H11ClN2O/c1-7(2)14-10-5-8(6-15)3-4-9(10)11(12)13-14/h3-7H,1-2H3. The molecule has 0 N–H and O–H groups in total. The van der Waals surface area contributed by atoms with Gasteiger partial charge in [-0.3, -0.25) is 9.48 Å². The fraction of sp³-hybridized carbons (Fsp3) is 0.273. The van der Waals surface area contributed by atoms with E-state index >= 15 is 0 Å². The van der Waals surface area contributed by atoms with Crippen molar-refractivity contribution >= 4 is 28.8 Å². The van der Waals surface area contributed by atoms with E-state index in [0.717, 1.165) is 17.2 Å². The molecule has 78 valence electrons. The number of rotatable bonds is 2. The van der Waals surface area contributed by atoms with Gasteiger partial charge in [-0.2, -0.15) is 5.10 Å². The quantitative estimate of drug-likeness (QED) is 0.732. The van der Waals surface area contributed by atoms with Gasteiger partial charge in [0.25, 0.3) is 0 Å². The van der Waals surface area contributed by atoms with E-state index in [2.05, 4.69) is 5.10 Å². The topological polar surface area (TPSA) is 34.9 Å². The van der Waals surface area contributed by atoms with Crippen LogP contribution in [0.3, 0.4) is 0 Å². The molecule has 0 saturated heterocycles. The van der Waals surface area contributed by atoms with Crippen LogP contribution >= 0.6 is 11.6 Å². The minimum absolute atomic E-state index is 0.224. The molecule has 0 bridgehead atoms. The SMILES string of the molecule is CC(C)n1nc(Cl)c2ccc(C=O)cc21. The summed E-state index contributed by atoms with van der Waals surface area (Å²) in [5.41, 5.74) is 1.54. The summed E-state index contributed by atoms with van der Waals surface area (Å²) in [7, 11) is 0. The lowest BCUT2D eigenvalue weighted by atomic mass is 10.2. The molecule has 0 unspecified atom stereocenters. The smallest absolute Gasteiger partial charge is 0.158 e. The molecule has 1 aromatic heterocycles. The first-order valence-corrected chi connectivity index (χ1v) is 5.14. The van der Waals surface area contributed by atoms with E-state index in [9.17, 15) is 4.79 Å². The Hall–Kier alpha value is -1.35. The van der Waals surface area contributed by atoms with Gasteiger partial charge in [0, 0.05) is 17.0 Å². The number of carbonyl (C=O) groups excluding carboxylic acids is 1. The highest BCUT2D eigenvalue weighted by Crippen LogP contribution is 2.25. The second-order valence-electron chi connectivity index (χ2n) is 3.72. The number of nitrogens with zero attached hydrogens (tertiary/aromatic N) is 2. The summed E-state index contributed by atoms with van der Waals surface area (Å²) < 4.78 is 1.82. The molecule has 0 atom stereocenters. The van der Waals surface area contributed by atoms with E-state index in [1.807, 2.05) is 24.6 Å². The number of hydrogen-bond donors (Lipinski definition) is 0. The molecule has 1 aromatic carbocycles. The number of fused-ring (bicyclic) bond motifs is 1. The normalized spacial score (nSPS) is 11.2. The Labute approximate surface area is 92.6 Å². The first-order valence-electron chi connectivity index (χ1n) is 4.76. The van der Waals surface area contributed by atoms with Gasteiger partial charge in [-0.15, -0.1) is 0 Å². The lowest BCUT2D eigenvalue weighted by Gasteiger charge is -2.06. The Morgan fingerprint density at radius 3 is 2.80 bits per heavy atom. The molecule has 0 aliphatic rings. The fourth-order valence-electron chi connectivity index (χ4n) is 1.58. The minimum atomic E-state index is 0.224. The third-order valence-electron chi connectivity index (χ3n) is 2.31. The first-order chi connectivity index (χ1) is 7.13. The highest BCUT2D eigenvalue weighted by atomic mass is 35.5. The second-order valence-corrected chi connectivity index (χ2v) is 4.08. The van der Waals surface area contributed by atoms with E-state index in [1.165, 1.54) is 0 Å². The number of carbonyl (C=O) groups is 1. The molecule has 2 rings (SSSR count). The Bertz CT molecular complexity index is 517. The van der Waals surface area contributed by atoms with Crippen LogP contribution in [0.2, 0.25) is 5.15 Å². The van der Waals surface area contributed by atoms with E-state index < -0.39 is 0 Å². The molecule has 0 aliphatic heterocycles. The van der Waals surface area contributed by atoms with Crippen LogP contribution in [0.25, 0.3) is 10.9 Å². The second kappa shape index (κ2) is 3.66. The fourth-order valence-corrected chi connectivity index (χ4v) is 1.82. The molecular weight excluding hydrogens is 212 g/mol. The van der Waals surface area contributed by atoms with Crippen molar-refractivity contribution in [1.82, 2.24) is 9.78 Å². The average Bonchev–Trinajstić information content (AvgIpc) is 2.56. The molecule has 4 heteroatoms. The average molecular weight is 223 g/mol. The van der Waals surface area contributed by atoms with Crippen LogP contribution in [0.15, 0.2) is 18.2 Å². The van der Waals surface area contributed by atoms with Gasteiger partial charge in [0.15, 0.2) is 5.15 Å². The van der Waals surface area contributed by atoms with Crippen LogP contribution in [0.4, 0.5) is 0 Å². The third-order valence-corrected chi connectivity index (χ3v) is 2.59. The van der Waals surface area contributed by atoms with Crippen LogP contribution in [-0.4, -0.2) is 16.1 Å². The molecule has 1 heterocycles. The molecule has 0 spiro atoms. The number of hydrogen-bond acceptors (Lipinski definition) is 2. The zero-order valence-electron chi connectivity index (χ0n) is 8.57. The van der Waals surface area contributed by atoms with Crippen LogP contribution < -0.4 is 0 Å². The van der Waals surface area contributed by atoms with Crippen LogP contribution in [0, 0.1) is 0 Å². The molecule has 0 amide bonds. The largest absolute Gasteiger partial charge is 0.298 e. The van der Waals surface area contributed by atoms with Crippen molar-refractivity contribution < 1.29 is 4.79 Å². The van der Waals surface area contributed by atoms with Gasteiger partial charge in [-0.05, 0) is 26.0 Å². The molecule has 0 aliphatic carbocycles. The predicted octanol–water partition coefficient (Wildman–Crippen LogP) is 3.08. The van der Waals surface area contributed by atoms with Crippen LogP contribution in [-0.2, 0) is 0 Å². The van der Waals surface area contributed by atoms with E-state index in [1.54, 1.807) is 12.1 Å². The van der Waals surface area contributed by atoms with Crippen molar-refractivity contribution in [3.63, 3.8) is 0 Å². The van der Waals surface area contributed by atoms with Crippen molar-refractivity contribution in [3.05, 3.63) is 28.9 Å². The third kappa shape index (κ3) is 1.63. The van der Waals surface area contributed by atoms with Gasteiger partial charge in [0.2, 0.25) is 0 Å². The van der Waals surface area contributed by atoms with Gasteiger partial charge < -0.3 is 0 Å². The van der Waals surface area contributed by atoms with E-state index in [-0.39, 0.29) is 6.04 Å². The number of aromatic nitrogens is 2. The van der Waals surface area contributed by atoms with Crippen molar-refractivity contribution in [3.8, 4) is 0 Å². The zero-order chi connectivity index (χ0) is 11.0. The zero-order valence-corrected chi connectivity index (χ0v) is 9.32. The molecular formula is C11H11ClN2O. The Morgan fingerprint density at radius 1 is 1.47 bits per heavy atom. The van der Waals surface area contributed by atoms with Gasteiger partial charge in [-0.1, -0.05) is 17.7 Å². The van der Waals surface area contributed by atoms with Crippen molar-refractivity contribution in [2.24, 2.45) is 0 Å². The molecule has 0 radical (unpaired) electrons. The predicted molar refractivity (Wildman–Crippen MR) is 60.5 cm³/mol. The lowest BCUT2D eigenvalue weighted by Crippen LogP contribution is -2.02. The van der Waals surface area contributed by atoms with E-state index in [4.69, 9.17) is 11.6 Å². The molecule has 0 fully saturated rings. The summed E-state index contributed by atoms with van der Waals surface area (Å²) in [6.07, 6.45) is 0.824. The van der Waals surface area contributed by atoms with Crippen molar-refractivity contribution in [1.29, 1.82) is 0 Å². The lowest BCUT2D eigenvalue weighted by molar-refractivity contribution is 0.112. The van der Waals surface area contributed by atoms with Crippen LogP contribution in [0.1, 0.15) is 30.2 Å². The summed E-state index contributed by atoms with van der Waals surface area (Å²) in [6.45, 7) is 4.05. The van der Waals surface area contributed by atoms with Gasteiger partial charge in [0.1, 0.15) is 6.29 Å². The Kier molecular flexibility index (Phi) is 2.49. The highest BCUT2D eigenvalue weighted by Gasteiger charge is 2.11. The molecule has 0 saturated carbocycles. The summed E-state index contributed by atoms with van der Waals surface area (Å²) in [5.74, 6) is 0. The summed E-state index contributed by atoms with van der Waals surface area (Å²) in [4.78, 5) is 10.7. The van der Waals surface area contributed by atoms with Crippen molar-refractivity contribution in [2.75, 3.05) is 0 Å². The highest BCUT2D eigenvalue weighted by molar-refractivity contribution is 6.34. The maximum Gasteiger partial charge on any atom is 0.158 e. The van der Waals surface area contributed by atoms with Gasteiger partial charge >= 0.3 is 0 Å². The molecule has 2 aromatic rings. The Morgan fingerprint density at radius 2 is 2.20 bits per heavy atom. The molecule has 3 nitrogen and oxygen atoms in total. The summed E-state index contributed by atoms with van der Waals surface area (Å²) in [6, 6.07) is 5.60. The van der Waals surface area contributed by atoms with Crippen molar-refractivity contribution in [2.45, 2.75) is 19.9 Å². The van der Waals surface area contributed by atoms with E-state index in [0.29, 0.717) is 10.7 Å². The first kappa shape index (κ1) is 10.2. The van der Waals surface area contributed by atoms with Gasteiger partial charge in [-0.25, -0.2) is 0 Å². The van der Waals surface area contributed by atoms with Gasteiger partial charge in [0.05, 0.1) is 5.52 Å². The molecule has 15 heavy (non-hydrogen) atoms. The number of halogens is 1. The maximum absolute atomic E-state index is 10.7. The minimum Gasteiger partial charge on any atom is -0.298 e. The number of benzene rings is 1.